The van der Waals surface area contributed by atoms with Gasteiger partial charge in [-0.05, 0) is 37.6 Å². The molecule has 2 aliphatic heterocycles. The lowest BCUT2D eigenvalue weighted by Crippen LogP contribution is -2.56. The molecule has 1 unspecified atom stereocenters. The number of benzene rings is 1. The van der Waals surface area contributed by atoms with Crippen molar-refractivity contribution in [1.82, 2.24) is 20.4 Å². The van der Waals surface area contributed by atoms with Crippen LogP contribution in [0.25, 0.3) is 0 Å². The number of likely N-dealkylation sites (tertiary alicyclic amines) is 1. The van der Waals surface area contributed by atoms with E-state index in [-0.39, 0.29) is 24.8 Å². The second-order valence-electron chi connectivity index (χ2n) is 7.58. The highest BCUT2D eigenvalue weighted by molar-refractivity contribution is 5.88. The second kappa shape index (κ2) is 9.58. The van der Waals surface area contributed by atoms with Crippen molar-refractivity contribution in [2.75, 3.05) is 39.3 Å². The number of hydrogen-bond acceptors (Lipinski definition) is 4. The quantitative estimate of drug-likeness (QED) is 0.714. The standard InChI is InChI=1S/C20H27F3N4O2/c21-20(22,23)16-5-3-4-15(12-16)14-27-11-7-25-19(29)17(27)13-18(28)24-6-10-26-8-1-2-9-26/h3-5,12,17H,1-2,6-11,13-14H2,(H,24,28)(H,25,29). The van der Waals surface area contributed by atoms with E-state index in [1.54, 1.807) is 11.0 Å². The van der Waals surface area contributed by atoms with Gasteiger partial charge in [0.15, 0.2) is 0 Å². The van der Waals surface area contributed by atoms with Crippen molar-refractivity contribution < 1.29 is 22.8 Å². The van der Waals surface area contributed by atoms with Crippen LogP contribution in [0.3, 0.4) is 0 Å². The van der Waals surface area contributed by atoms with E-state index in [1.807, 2.05) is 0 Å². The predicted octanol–water partition coefficient (Wildman–Crippen LogP) is 1.61. The van der Waals surface area contributed by atoms with Crippen molar-refractivity contribution in [2.45, 2.75) is 38.0 Å². The molecule has 0 bridgehead atoms. The average Bonchev–Trinajstić information content (AvgIpc) is 3.18. The van der Waals surface area contributed by atoms with Crippen molar-refractivity contribution in [1.29, 1.82) is 0 Å². The molecule has 160 valence electrons. The van der Waals surface area contributed by atoms with E-state index in [0.717, 1.165) is 31.8 Å². The highest BCUT2D eigenvalue weighted by Crippen LogP contribution is 2.30. The fourth-order valence-corrected chi connectivity index (χ4v) is 3.86. The molecule has 0 radical (unpaired) electrons. The largest absolute Gasteiger partial charge is 0.416 e. The molecule has 29 heavy (non-hydrogen) atoms. The summed E-state index contributed by atoms with van der Waals surface area (Å²) in [5.74, 6) is -0.488. The summed E-state index contributed by atoms with van der Waals surface area (Å²) in [6.07, 6.45) is -2.06. The summed E-state index contributed by atoms with van der Waals surface area (Å²) < 4.78 is 38.9. The minimum atomic E-state index is -4.41. The van der Waals surface area contributed by atoms with Crippen LogP contribution in [0.2, 0.25) is 0 Å². The Morgan fingerprint density at radius 2 is 1.97 bits per heavy atom. The Kier molecular flexibility index (Phi) is 7.13. The van der Waals surface area contributed by atoms with E-state index in [9.17, 15) is 22.8 Å². The van der Waals surface area contributed by atoms with E-state index in [4.69, 9.17) is 0 Å². The minimum absolute atomic E-state index is 0.00913. The maximum absolute atomic E-state index is 13.0. The lowest BCUT2D eigenvalue weighted by atomic mass is 10.1. The summed E-state index contributed by atoms with van der Waals surface area (Å²) >= 11 is 0. The van der Waals surface area contributed by atoms with E-state index in [2.05, 4.69) is 15.5 Å². The number of piperazine rings is 1. The molecule has 0 aromatic heterocycles. The molecule has 0 aliphatic carbocycles. The van der Waals surface area contributed by atoms with Crippen molar-refractivity contribution in [2.24, 2.45) is 0 Å². The molecule has 2 amide bonds. The Bertz CT molecular complexity index is 720. The number of alkyl halides is 3. The highest BCUT2D eigenvalue weighted by Gasteiger charge is 2.33. The molecule has 9 heteroatoms. The van der Waals surface area contributed by atoms with E-state index >= 15 is 0 Å². The molecule has 6 nitrogen and oxygen atoms in total. The molecule has 1 aromatic rings. The van der Waals surface area contributed by atoms with Crippen LogP contribution in [-0.2, 0) is 22.3 Å². The first-order valence-electron chi connectivity index (χ1n) is 10.00. The van der Waals surface area contributed by atoms with Crippen molar-refractivity contribution in [3.8, 4) is 0 Å². The SMILES string of the molecule is O=C(CC1C(=O)NCCN1Cc1cccc(C(F)(F)F)c1)NCCN1CCCC1. The number of carbonyl (C=O) groups excluding carboxylic acids is 2. The van der Waals surface area contributed by atoms with E-state index in [1.165, 1.54) is 18.9 Å². The molecule has 2 heterocycles. The van der Waals surface area contributed by atoms with Crippen LogP contribution >= 0.6 is 0 Å². The molecule has 2 N–H and O–H groups in total. The van der Waals surface area contributed by atoms with Gasteiger partial charge in [0.05, 0.1) is 18.0 Å². The number of carbonyl (C=O) groups is 2. The summed E-state index contributed by atoms with van der Waals surface area (Å²) in [5, 5.41) is 5.60. The van der Waals surface area contributed by atoms with Gasteiger partial charge in [-0.2, -0.15) is 13.2 Å². The first-order chi connectivity index (χ1) is 13.8. The number of rotatable bonds is 7. The van der Waals surface area contributed by atoms with Gasteiger partial charge in [-0.25, -0.2) is 0 Å². The zero-order valence-electron chi connectivity index (χ0n) is 16.3. The third kappa shape index (κ3) is 6.17. The number of hydrogen-bond donors (Lipinski definition) is 2. The van der Waals surface area contributed by atoms with Crippen LogP contribution < -0.4 is 10.6 Å². The normalized spacial score (nSPS) is 21.2. The Morgan fingerprint density at radius 3 is 2.69 bits per heavy atom. The lowest BCUT2D eigenvalue weighted by Gasteiger charge is -2.34. The molecule has 1 atom stereocenters. The number of nitrogens with zero attached hydrogens (tertiary/aromatic N) is 2. The van der Waals surface area contributed by atoms with Crippen LogP contribution in [0.4, 0.5) is 13.2 Å². The first-order valence-corrected chi connectivity index (χ1v) is 10.00. The monoisotopic (exact) mass is 412 g/mol. The zero-order valence-corrected chi connectivity index (χ0v) is 16.3. The van der Waals surface area contributed by atoms with Gasteiger partial charge in [-0.15, -0.1) is 0 Å². The van der Waals surface area contributed by atoms with Crippen molar-refractivity contribution >= 4 is 11.8 Å². The third-order valence-electron chi connectivity index (χ3n) is 5.41. The molecule has 1 aromatic carbocycles. The van der Waals surface area contributed by atoms with Crippen LogP contribution in [-0.4, -0.2) is 66.9 Å². The number of amides is 2. The second-order valence-corrected chi connectivity index (χ2v) is 7.58. The predicted molar refractivity (Wildman–Crippen MR) is 102 cm³/mol. The summed E-state index contributed by atoms with van der Waals surface area (Å²) in [4.78, 5) is 28.7. The Balaban J connectivity index is 1.57. The van der Waals surface area contributed by atoms with Gasteiger partial charge in [0.2, 0.25) is 11.8 Å². The number of halogens is 3. The Labute approximate surface area is 168 Å². The summed E-state index contributed by atoms with van der Waals surface area (Å²) in [6, 6.07) is 4.40. The van der Waals surface area contributed by atoms with Gasteiger partial charge >= 0.3 is 6.18 Å². The highest BCUT2D eigenvalue weighted by atomic mass is 19.4. The first kappa shape index (κ1) is 21.6. The molecule has 2 aliphatic rings. The lowest BCUT2D eigenvalue weighted by molar-refractivity contribution is -0.137. The van der Waals surface area contributed by atoms with E-state index in [0.29, 0.717) is 25.2 Å². The van der Waals surface area contributed by atoms with Crippen LogP contribution in [0.15, 0.2) is 24.3 Å². The van der Waals surface area contributed by atoms with Gasteiger partial charge in [-0.1, -0.05) is 18.2 Å². The minimum Gasteiger partial charge on any atom is -0.355 e. The number of nitrogens with one attached hydrogen (secondary N) is 2. The third-order valence-corrected chi connectivity index (χ3v) is 5.41. The Morgan fingerprint density at radius 1 is 1.21 bits per heavy atom. The molecule has 2 saturated heterocycles. The van der Waals surface area contributed by atoms with Crippen LogP contribution in [0.1, 0.15) is 30.4 Å². The molecular formula is C20H27F3N4O2. The van der Waals surface area contributed by atoms with Crippen LogP contribution in [0, 0.1) is 0 Å². The Hall–Kier alpha value is -2.13. The van der Waals surface area contributed by atoms with Gasteiger partial charge in [0.1, 0.15) is 0 Å². The maximum atomic E-state index is 13.0. The smallest absolute Gasteiger partial charge is 0.355 e. The molecule has 0 spiro atoms. The van der Waals surface area contributed by atoms with Crippen molar-refractivity contribution in [3.05, 3.63) is 35.4 Å². The van der Waals surface area contributed by atoms with Crippen molar-refractivity contribution in [3.63, 3.8) is 0 Å². The topological polar surface area (TPSA) is 64.7 Å². The van der Waals surface area contributed by atoms with Gasteiger partial charge in [-0.3, -0.25) is 14.5 Å². The fraction of sp³-hybridized carbons (Fsp3) is 0.600. The molecular weight excluding hydrogens is 385 g/mol. The van der Waals surface area contributed by atoms with E-state index < -0.39 is 17.8 Å². The molecule has 2 fully saturated rings. The van der Waals surface area contributed by atoms with Gasteiger partial charge in [0.25, 0.3) is 0 Å². The maximum Gasteiger partial charge on any atom is 0.416 e. The van der Waals surface area contributed by atoms with Gasteiger partial charge in [0, 0.05) is 32.7 Å². The molecule has 3 rings (SSSR count). The fourth-order valence-electron chi connectivity index (χ4n) is 3.86. The van der Waals surface area contributed by atoms with Gasteiger partial charge < -0.3 is 15.5 Å². The summed E-state index contributed by atoms with van der Waals surface area (Å²) in [7, 11) is 0. The summed E-state index contributed by atoms with van der Waals surface area (Å²) in [6.45, 7) is 4.48. The summed E-state index contributed by atoms with van der Waals surface area (Å²) in [5.41, 5.74) is -0.248. The zero-order chi connectivity index (χ0) is 20.9. The van der Waals surface area contributed by atoms with Crippen LogP contribution in [0.5, 0.6) is 0 Å². The average molecular weight is 412 g/mol. The molecule has 0 saturated carbocycles.